The Morgan fingerprint density at radius 3 is 3.00 bits per heavy atom. The molecule has 1 N–H and O–H groups in total. The third kappa shape index (κ3) is 4.46. The molecule has 1 aliphatic rings. The molecule has 1 rings (SSSR count). The molecule has 0 radical (unpaired) electrons. The first-order valence-electron chi connectivity index (χ1n) is 5.33. The van der Waals surface area contributed by atoms with Crippen molar-refractivity contribution in [3.63, 3.8) is 0 Å². The third-order valence-electron chi connectivity index (χ3n) is 2.41. The van der Waals surface area contributed by atoms with Crippen molar-refractivity contribution in [2.75, 3.05) is 26.3 Å². The maximum Gasteiger partial charge on any atom is 0.508 e. The second kappa shape index (κ2) is 6.65. The van der Waals surface area contributed by atoms with Gasteiger partial charge >= 0.3 is 6.16 Å². The summed E-state index contributed by atoms with van der Waals surface area (Å²) in [6.45, 7) is 4.79. The normalized spacial score (nSPS) is 21.6. The minimum atomic E-state index is -0.545. The summed E-state index contributed by atoms with van der Waals surface area (Å²) in [7, 11) is 0. The van der Waals surface area contributed by atoms with Gasteiger partial charge in [0.2, 0.25) is 0 Å². The van der Waals surface area contributed by atoms with Gasteiger partial charge in [-0.15, -0.1) is 0 Å². The first-order valence-corrected chi connectivity index (χ1v) is 5.33. The van der Waals surface area contributed by atoms with Gasteiger partial charge in [0.15, 0.2) is 0 Å². The molecule has 0 aromatic rings. The quantitative estimate of drug-likeness (QED) is 0.701. The second-order valence-electron chi connectivity index (χ2n) is 3.53. The first kappa shape index (κ1) is 11.3. The van der Waals surface area contributed by atoms with Gasteiger partial charge in [0.25, 0.3) is 0 Å². The molecule has 14 heavy (non-hydrogen) atoms. The van der Waals surface area contributed by atoms with Crippen LogP contribution in [0.1, 0.15) is 26.2 Å². The Morgan fingerprint density at radius 1 is 1.50 bits per heavy atom. The molecule has 82 valence electrons. The average molecular weight is 201 g/mol. The first-order chi connectivity index (χ1) is 6.83. The zero-order valence-corrected chi connectivity index (χ0v) is 8.75. The van der Waals surface area contributed by atoms with E-state index in [1.165, 1.54) is 12.8 Å². The zero-order chi connectivity index (χ0) is 10.2. The molecule has 1 atom stereocenters. The van der Waals surface area contributed by atoms with Gasteiger partial charge in [-0.3, -0.25) is 0 Å². The van der Waals surface area contributed by atoms with Crippen LogP contribution < -0.4 is 5.32 Å². The van der Waals surface area contributed by atoms with Crippen molar-refractivity contribution in [2.45, 2.75) is 26.2 Å². The lowest BCUT2D eigenvalue weighted by Crippen LogP contribution is -2.30. The maximum atomic E-state index is 10.8. The summed E-state index contributed by atoms with van der Waals surface area (Å²) in [5.41, 5.74) is 0. The Balaban J connectivity index is 1.99. The molecule has 0 spiro atoms. The topological polar surface area (TPSA) is 47.6 Å². The molecular weight excluding hydrogens is 182 g/mol. The van der Waals surface area contributed by atoms with E-state index < -0.39 is 6.16 Å². The molecule has 1 heterocycles. The van der Waals surface area contributed by atoms with Gasteiger partial charge in [-0.1, -0.05) is 0 Å². The summed E-state index contributed by atoms with van der Waals surface area (Å²) in [4.78, 5) is 10.8. The molecule has 4 heteroatoms. The highest BCUT2D eigenvalue weighted by Crippen LogP contribution is 2.13. The van der Waals surface area contributed by atoms with Crippen LogP contribution in [0.2, 0.25) is 0 Å². The van der Waals surface area contributed by atoms with E-state index in [0.717, 1.165) is 19.5 Å². The van der Waals surface area contributed by atoms with E-state index in [0.29, 0.717) is 19.1 Å². The van der Waals surface area contributed by atoms with Crippen LogP contribution in [-0.2, 0) is 9.47 Å². The fourth-order valence-electron chi connectivity index (χ4n) is 1.64. The number of hydrogen-bond acceptors (Lipinski definition) is 4. The number of carbonyl (C=O) groups excluding carboxylic acids is 1. The molecule has 0 aromatic heterocycles. The second-order valence-corrected chi connectivity index (χ2v) is 3.53. The van der Waals surface area contributed by atoms with E-state index in [2.05, 4.69) is 10.1 Å². The summed E-state index contributed by atoms with van der Waals surface area (Å²) in [6.07, 6.45) is 2.85. The van der Waals surface area contributed by atoms with Crippen LogP contribution >= 0.6 is 0 Å². The Morgan fingerprint density at radius 2 is 2.36 bits per heavy atom. The van der Waals surface area contributed by atoms with Crippen LogP contribution in [0, 0.1) is 5.92 Å². The fourth-order valence-corrected chi connectivity index (χ4v) is 1.64. The van der Waals surface area contributed by atoms with Crippen LogP contribution in [0.25, 0.3) is 0 Å². The molecule has 1 aliphatic heterocycles. The highest BCUT2D eigenvalue weighted by Gasteiger charge is 2.13. The van der Waals surface area contributed by atoms with Crippen LogP contribution in [0.3, 0.4) is 0 Å². The minimum Gasteiger partial charge on any atom is -0.435 e. The van der Waals surface area contributed by atoms with Crippen molar-refractivity contribution in [3.8, 4) is 0 Å². The molecule has 0 aromatic carbocycles. The molecule has 1 saturated heterocycles. The molecule has 0 amide bonds. The van der Waals surface area contributed by atoms with Crippen LogP contribution in [0.5, 0.6) is 0 Å². The SMILES string of the molecule is CCOC(=O)OCCC1CCCNC1. The van der Waals surface area contributed by atoms with Gasteiger partial charge in [0.1, 0.15) is 0 Å². The zero-order valence-electron chi connectivity index (χ0n) is 8.75. The monoisotopic (exact) mass is 201 g/mol. The largest absolute Gasteiger partial charge is 0.508 e. The van der Waals surface area contributed by atoms with Crippen molar-refractivity contribution in [3.05, 3.63) is 0 Å². The van der Waals surface area contributed by atoms with Gasteiger partial charge in [-0.05, 0) is 45.2 Å². The molecule has 0 aliphatic carbocycles. The number of nitrogens with one attached hydrogen (secondary N) is 1. The lowest BCUT2D eigenvalue weighted by molar-refractivity contribution is 0.0542. The van der Waals surface area contributed by atoms with Gasteiger partial charge in [-0.25, -0.2) is 4.79 Å². The number of ether oxygens (including phenoxy) is 2. The average Bonchev–Trinajstić information content (AvgIpc) is 2.20. The highest BCUT2D eigenvalue weighted by atomic mass is 16.7. The Kier molecular flexibility index (Phi) is 5.37. The van der Waals surface area contributed by atoms with E-state index in [9.17, 15) is 4.79 Å². The van der Waals surface area contributed by atoms with Crippen molar-refractivity contribution in [2.24, 2.45) is 5.92 Å². The van der Waals surface area contributed by atoms with Gasteiger partial charge in [-0.2, -0.15) is 0 Å². The standard InChI is InChI=1S/C10H19NO3/c1-2-13-10(12)14-7-5-9-4-3-6-11-8-9/h9,11H,2-8H2,1H3. The Labute approximate surface area is 85.0 Å². The summed E-state index contributed by atoms with van der Waals surface area (Å²) in [6, 6.07) is 0. The van der Waals surface area contributed by atoms with Crippen molar-refractivity contribution < 1.29 is 14.3 Å². The lowest BCUT2D eigenvalue weighted by Gasteiger charge is -2.22. The van der Waals surface area contributed by atoms with E-state index in [1.807, 2.05) is 0 Å². The van der Waals surface area contributed by atoms with Crippen molar-refractivity contribution in [1.29, 1.82) is 0 Å². The number of piperidine rings is 1. The smallest absolute Gasteiger partial charge is 0.435 e. The Hall–Kier alpha value is -0.770. The van der Waals surface area contributed by atoms with E-state index >= 15 is 0 Å². The third-order valence-corrected chi connectivity index (χ3v) is 2.41. The highest BCUT2D eigenvalue weighted by molar-refractivity contribution is 5.59. The number of rotatable bonds is 4. The molecule has 1 unspecified atom stereocenters. The van der Waals surface area contributed by atoms with Gasteiger partial charge in [0.05, 0.1) is 13.2 Å². The minimum absolute atomic E-state index is 0.379. The summed E-state index contributed by atoms with van der Waals surface area (Å²) >= 11 is 0. The molecular formula is C10H19NO3. The van der Waals surface area contributed by atoms with E-state index in [4.69, 9.17) is 4.74 Å². The van der Waals surface area contributed by atoms with E-state index in [1.54, 1.807) is 6.92 Å². The van der Waals surface area contributed by atoms with Crippen LogP contribution in [0.15, 0.2) is 0 Å². The van der Waals surface area contributed by atoms with Crippen molar-refractivity contribution in [1.82, 2.24) is 5.32 Å². The van der Waals surface area contributed by atoms with Crippen LogP contribution in [0.4, 0.5) is 4.79 Å². The molecule has 0 saturated carbocycles. The maximum absolute atomic E-state index is 10.8. The Bertz CT molecular complexity index is 167. The predicted molar refractivity (Wildman–Crippen MR) is 53.2 cm³/mol. The number of hydrogen-bond donors (Lipinski definition) is 1. The fraction of sp³-hybridized carbons (Fsp3) is 0.900. The van der Waals surface area contributed by atoms with Crippen LogP contribution in [-0.4, -0.2) is 32.5 Å². The summed E-state index contributed by atoms with van der Waals surface area (Å²) in [5, 5.41) is 3.33. The number of carbonyl (C=O) groups is 1. The predicted octanol–water partition coefficient (Wildman–Crippen LogP) is 1.55. The molecule has 4 nitrogen and oxygen atoms in total. The van der Waals surface area contributed by atoms with Crippen molar-refractivity contribution >= 4 is 6.16 Å². The molecule has 1 fully saturated rings. The van der Waals surface area contributed by atoms with Gasteiger partial charge in [0, 0.05) is 0 Å². The summed E-state index contributed by atoms with van der Waals surface area (Å²) < 4.78 is 9.55. The van der Waals surface area contributed by atoms with Gasteiger partial charge < -0.3 is 14.8 Å². The lowest BCUT2D eigenvalue weighted by atomic mass is 9.97. The molecule has 0 bridgehead atoms. The summed E-state index contributed by atoms with van der Waals surface area (Å²) in [5.74, 6) is 0.651. The van der Waals surface area contributed by atoms with E-state index in [-0.39, 0.29) is 0 Å².